The number of carbonyl (C=O) groups is 2. The van der Waals surface area contributed by atoms with Gasteiger partial charge >= 0.3 is 0 Å². The SMILES string of the molecule is CNC(=O)C(C)NC(=O)c1cc(C)cc(N(C2CN(C(c3ccc(Cl)cc3)c3ccc(Cl)cc3)C2)S(C)(=O)=O)c1. The van der Waals surface area contributed by atoms with Crippen LogP contribution in [0.3, 0.4) is 0 Å². The van der Waals surface area contributed by atoms with Crippen LogP contribution in [0.2, 0.25) is 10.0 Å². The summed E-state index contributed by atoms with van der Waals surface area (Å²) in [6.07, 6.45) is 1.17. The Morgan fingerprint density at radius 3 is 1.95 bits per heavy atom. The lowest BCUT2D eigenvalue weighted by atomic mass is 9.93. The molecule has 40 heavy (non-hydrogen) atoms. The first kappa shape index (κ1) is 29.9. The summed E-state index contributed by atoms with van der Waals surface area (Å²) in [5, 5.41) is 6.42. The predicted molar refractivity (Wildman–Crippen MR) is 160 cm³/mol. The highest BCUT2D eigenvalue weighted by molar-refractivity contribution is 7.92. The van der Waals surface area contributed by atoms with Gasteiger partial charge in [0.05, 0.1) is 24.0 Å². The highest BCUT2D eigenvalue weighted by Crippen LogP contribution is 2.37. The maximum absolute atomic E-state index is 13.1. The van der Waals surface area contributed by atoms with Crippen LogP contribution in [0.4, 0.5) is 5.69 Å². The van der Waals surface area contributed by atoms with Gasteiger partial charge in [0.15, 0.2) is 0 Å². The first-order chi connectivity index (χ1) is 18.9. The molecule has 3 aromatic carbocycles. The van der Waals surface area contributed by atoms with Crippen molar-refractivity contribution < 1.29 is 18.0 Å². The van der Waals surface area contributed by atoms with Crippen LogP contribution in [-0.4, -0.2) is 63.6 Å². The third-order valence-electron chi connectivity index (χ3n) is 6.88. The molecule has 1 saturated heterocycles. The van der Waals surface area contributed by atoms with Crippen molar-refractivity contribution in [2.45, 2.75) is 32.0 Å². The molecule has 2 amide bonds. The second-order valence-corrected chi connectivity index (χ2v) is 12.8. The normalized spacial score (nSPS) is 14.9. The molecule has 1 aliphatic rings. The number of aryl methyl sites for hydroxylation is 1. The monoisotopic (exact) mass is 602 g/mol. The Morgan fingerprint density at radius 2 is 1.48 bits per heavy atom. The first-order valence-corrected chi connectivity index (χ1v) is 15.4. The van der Waals surface area contributed by atoms with Gasteiger partial charge in [-0.1, -0.05) is 47.5 Å². The summed E-state index contributed by atoms with van der Waals surface area (Å²) >= 11 is 12.3. The van der Waals surface area contributed by atoms with E-state index in [-0.39, 0.29) is 23.6 Å². The molecule has 1 aliphatic heterocycles. The molecule has 0 spiro atoms. The summed E-state index contributed by atoms with van der Waals surface area (Å²) in [6, 6.07) is 19.0. The molecule has 1 atom stereocenters. The minimum atomic E-state index is -3.69. The number of likely N-dealkylation sites (tertiary alicyclic amines) is 1. The largest absolute Gasteiger partial charge is 0.357 e. The van der Waals surface area contributed by atoms with Gasteiger partial charge in [-0.25, -0.2) is 8.42 Å². The molecule has 0 saturated carbocycles. The quantitative estimate of drug-likeness (QED) is 0.378. The second kappa shape index (κ2) is 12.2. The van der Waals surface area contributed by atoms with Crippen molar-refractivity contribution in [2.75, 3.05) is 30.7 Å². The van der Waals surface area contributed by atoms with E-state index in [1.54, 1.807) is 32.0 Å². The molecule has 1 unspecified atom stereocenters. The first-order valence-electron chi connectivity index (χ1n) is 12.8. The van der Waals surface area contributed by atoms with E-state index in [4.69, 9.17) is 23.2 Å². The highest BCUT2D eigenvalue weighted by atomic mass is 35.5. The van der Waals surface area contributed by atoms with E-state index in [0.29, 0.717) is 28.8 Å². The van der Waals surface area contributed by atoms with Crippen molar-refractivity contribution in [1.29, 1.82) is 0 Å². The molecule has 1 heterocycles. The van der Waals surface area contributed by atoms with Crippen LogP contribution >= 0.6 is 23.2 Å². The van der Waals surface area contributed by atoms with E-state index < -0.39 is 22.0 Å². The van der Waals surface area contributed by atoms with Crippen LogP contribution in [0.5, 0.6) is 0 Å². The lowest BCUT2D eigenvalue weighted by Crippen LogP contribution is -2.61. The van der Waals surface area contributed by atoms with Crippen LogP contribution < -0.4 is 14.9 Å². The molecular formula is C29H32Cl2N4O4S. The third kappa shape index (κ3) is 6.78. The van der Waals surface area contributed by atoms with Gasteiger partial charge in [0.25, 0.3) is 5.91 Å². The van der Waals surface area contributed by atoms with Gasteiger partial charge in [0.2, 0.25) is 15.9 Å². The van der Waals surface area contributed by atoms with Gasteiger partial charge in [-0.05, 0) is 73.0 Å². The summed E-state index contributed by atoms with van der Waals surface area (Å²) in [5.74, 6) is -0.792. The number of sulfonamides is 1. The lowest BCUT2D eigenvalue weighted by molar-refractivity contribution is -0.122. The molecule has 0 aliphatic carbocycles. The third-order valence-corrected chi connectivity index (χ3v) is 8.61. The number of nitrogens with zero attached hydrogens (tertiary/aromatic N) is 2. The number of carbonyl (C=O) groups excluding carboxylic acids is 2. The van der Waals surface area contributed by atoms with Gasteiger partial charge in [-0.2, -0.15) is 0 Å². The van der Waals surface area contributed by atoms with E-state index in [0.717, 1.165) is 16.7 Å². The van der Waals surface area contributed by atoms with Crippen LogP contribution in [0.1, 0.15) is 40.0 Å². The Balaban J connectivity index is 1.62. The molecule has 8 nitrogen and oxygen atoms in total. The second-order valence-electron chi connectivity index (χ2n) is 10.0. The summed E-state index contributed by atoms with van der Waals surface area (Å²) in [7, 11) is -2.20. The fraction of sp³-hybridized carbons (Fsp3) is 0.310. The Labute approximate surface area is 245 Å². The smallest absolute Gasteiger partial charge is 0.252 e. The summed E-state index contributed by atoms with van der Waals surface area (Å²) in [5.41, 5.74) is 3.45. The topological polar surface area (TPSA) is 98.8 Å². The van der Waals surface area contributed by atoms with Crippen LogP contribution in [0.25, 0.3) is 0 Å². The molecule has 3 aromatic rings. The van der Waals surface area contributed by atoms with Crippen molar-refractivity contribution >= 4 is 50.7 Å². The molecular weight excluding hydrogens is 571 g/mol. The van der Waals surface area contributed by atoms with Crippen LogP contribution in [0.15, 0.2) is 66.7 Å². The average Bonchev–Trinajstić information content (AvgIpc) is 2.87. The standard InChI is InChI=1S/C29H32Cl2N4O4S/c1-18-13-22(29(37)33-19(2)28(36)32-3)15-25(14-18)35(40(4,38)39)26-16-34(17-26)27(20-5-9-23(30)10-6-20)21-7-11-24(31)12-8-21/h5-15,19,26-27H,16-17H2,1-4H3,(H,32,36)(H,33,37). The van der Waals surface area contributed by atoms with Gasteiger partial charge in [0, 0.05) is 35.7 Å². The highest BCUT2D eigenvalue weighted by Gasteiger charge is 2.41. The fourth-order valence-corrected chi connectivity index (χ4v) is 6.42. The van der Waals surface area contributed by atoms with Crippen molar-refractivity contribution in [2.24, 2.45) is 0 Å². The number of anilines is 1. The number of benzene rings is 3. The van der Waals surface area contributed by atoms with E-state index in [1.807, 2.05) is 48.5 Å². The fourth-order valence-electron chi connectivity index (χ4n) is 5.01. The van der Waals surface area contributed by atoms with Crippen molar-refractivity contribution in [3.63, 3.8) is 0 Å². The minimum absolute atomic E-state index is 0.128. The Hall–Kier alpha value is -3.11. The van der Waals surface area contributed by atoms with Gasteiger partial charge in [-0.3, -0.25) is 18.8 Å². The van der Waals surface area contributed by atoms with Crippen molar-refractivity contribution in [1.82, 2.24) is 15.5 Å². The molecule has 2 N–H and O–H groups in total. The molecule has 11 heteroatoms. The number of likely N-dealkylation sites (N-methyl/N-ethyl adjacent to an activating group) is 1. The number of hydrogen-bond acceptors (Lipinski definition) is 5. The molecule has 0 radical (unpaired) electrons. The zero-order chi connectivity index (χ0) is 29.2. The predicted octanol–water partition coefficient (Wildman–Crippen LogP) is 4.41. The molecule has 1 fully saturated rings. The minimum Gasteiger partial charge on any atom is -0.357 e. The zero-order valence-corrected chi connectivity index (χ0v) is 25.0. The van der Waals surface area contributed by atoms with Crippen LogP contribution in [0, 0.1) is 6.92 Å². The van der Waals surface area contributed by atoms with Crippen molar-refractivity contribution in [3.05, 3.63) is 99.0 Å². The lowest BCUT2D eigenvalue weighted by Gasteiger charge is -2.49. The number of amides is 2. The number of rotatable bonds is 9. The molecule has 0 aromatic heterocycles. The zero-order valence-electron chi connectivity index (χ0n) is 22.7. The number of hydrogen-bond donors (Lipinski definition) is 2. The molecule has 4 rings (SSSR count). The number of nitrogens with one attached hydrogen (secondary N) is 2. The van der Waals surface area contributed by atoms with E-state index in [1.165, 1.54) is 17.6 Å². The Morgan fingerprint density at radius 1 is 0.950 bits per heavy atom. The summed E-state index contributed by atoms with van der Waals surface area (Å²) in [4.78, 5) is 27.0. The maximum atomic E-state index is 13.1. The number of halogens is 2. The summed E-state index contributed by atoms with van der Waals surface area (Å²) in [6.45, 7) is 4.31. The van der Waals surface area contributed by atoms with Gasteiger partial charge in [0.1, 0.15) is 6.04 Å². The van der Waals surface area contributed by atoms with E-state index in [2.05, 4.69) is 15.5 Å². The van der Waals surface area contributed by atoms with Crippen molar-refractivity contribution in [3.8, 4) is 0 Å². The molecule has 212 valence electrons. The van der Waals surface area contributed by atoms with Gasteiger partial charge < -0.3 is 10.6 Å². The van der Waals surface area contributed by atoms with E-state index in [9.17, 15) is 18.0 Å². The van der Waals surface area contributed by atoms with E-state index >= 15 is 0 Å². The van der Waals surface area contributed by atoms with Gasteiger partial charge in [-0.15, -0.1) is 0 Å². The maximum Gasteiger partial charge on any atom is 0.252 e. The Kier molecular flexibility index (Phi) is 9.09. The average molecular weight is 604 g/mol. The molecule has 0 bridgehead atoms. The van der Waals surface area contributed by atoms with Crippen LogP contribution in [-0.2, 0) is 14.8 Å². The Bertz CT molecular complexity index is 1450. The summed E-state index contributed by atoms with van der Waals surface area (Å²) < 4.78 is 27.5.